The number of hydrogen-bond donors (Lipinski definition) is 1. The predicted molar refractivity (Wildman–Crippen MR) is 88.3 cm³/mol. The van der Waals surface area contributed by atoms with E-state index in [-0.39, 0.29) is 5.82 Å². The number of nitrogens with one attached hydrogen (secondary N) is 1. The van der Waals surface area contributed by atoms with Crippen LogP contribution in [0.15, 0.2) is 24.3 Å². The lowest BCUT2D eigenvalue weighted by Gasteiger charge is -2.44. The molecule has 0 bridgehead atoms. The van der Waals surface area contributed by atoms with E-state index in [1.54, 1.807) is 12.1 Å². The number of halogens is 1. The first kappa shape index (κ1) is 16.3. The van der Waals surface area contributed by atoms with Gasteiger partial charge in [-0.15, -0.1) is 0 Å². The van der Waals surface area contributed by atoms with E-state index in [1.165, 1.54) is 25.7 Å². The molecule has 1 aliphatic carbocycles. The molecule has 118 valence electrons. The topological polar surface area (TPSA) is 15.3 Å². The van der Waals surface area contributed by atoms with Gasteiger partial charge in [-0.3, -0.25) is 0 Å². The number of benzene rings is 1. The predicted octanol–water partition coefficient (Wildman–Crippen LogP) is 4.07. The molecular formula is C18H29FN2. The summed E-state index contributed by atoms with van der Waals surface area (Å²) in [5, 5.41) is 3.40. The van der Waals surface area contributed by atoms with E-state index in [0.717, 1.165) is 31.2 Å². The van der Waals surface area contributed by atoms with Gasteiger partial charge < -0.3 is 10.2 Å². The molecule has 0 aromatic heterocycles. The zero-order chi connectivity index (χ0) is 15.3. The zero-order valence-corrected chi connectivity index (χ0v) is 13.7. The molecule has 2 atom stereocenters. The average Bonchev–Trinajstić information content (AvgIpc) is 2.46. The van der Waals surface area contributed by atoms with Crippen molar-refractivity contribution in [3.05, 3.63) is 30.1 Å². The number of nitrogens with zero attached hydrogens (tertiary/aromatic N) is 1. The Balaban J connectivity index is 2.15. The van der Waals surface area contributed by atoms with Gasteiger partial charge in [0.1, 0.15) is 5.82 Å². The second-order valence-electron chi connectivity index (χ2n) is 6.72. The maximum atomic E-state index is 13.1. The van der Waals surface area contributed by atoms with Gasteiger partial charge in [0, 0.05) is 30.7 Å². The van der Waals surface area contributed by atoms with Crippen molar-refractivity contribution in [2.45, 2.75) is 39.5 Å². The van der Waals surface area contributed by atoms with Gasteiger partial charge in [-0.1, -0.05) is 19.8 Å². The Hall–Kier alpha value is -1.09. The molecule has 2 nitrogen and oxygen atoms in total. The molecule has 2 unspecified atom stereocenters. The first-order valence-electron chi connectivity index (χ1n) is 8.24. The van der Waals surface area contributed by atoms with E-state index in [0.29, 0.717) is 5.41 Å². The van der Waals surface area contributed by atoms with Crippen LogP contribution in [0, 0.1) is 17.2 Å². The highest BCUT2D eigenvalue weighted by atomic mass is 19.1. The van der Waals surface area contributed by atoms with Crippen LogP contribution in [0.4, 0.5) is 10.1 Å². The Morgan fingerprint density at radius 2 is 2.05 bits per heavy atom. The van der Waals surface area contributed by atoms with Crippen LogP contribution in [0.2, 0.25) is 0 Å². The lowest BCUT2D eigenvalue weighted by molar-refractivity contribution is 0.150. The molecule has 1 N–H and O–H groups in total. The molecule has 0 radical (unpaired) electrons. The van der Waals surface area contributed by atoms with Crippen molar-refractivity contribution in [3.63, 3.8) is 0 Å². The third-order valence-corrected chi connectivity index (χ3v) is 4.84. The highest BCUT2D eigenvalue weighted by Gasteiger charge is 2.35. The smallest absolute Gasteiger partial charge is 0.123 e. The standard InChI is InChI=1S/C18H29FN2/c1-4-21(17-9-7-16(19)8-10-17)14-18(13-20-3)11-5-6-15(2)12-18/h7-10,15,20H,4-6,11-14H2,1-3H3. The van der Waals surface area contributed by atoms with E-state index >= 15 is 0 Å². The highest BCUT2D eigenvalue weighted by Crippen LogP contribution is 2.40. The highest BCUT2D eigenvalue weighted by molar-refractivity contribution is 5.46. The van der Waals surface area contributed by atoms with Crippen molar-refractivity contribution in [2.24, 2.45) is 11.3 Å². The number of anilines is 1. The van der Waals surface area contributed by atoms with E-state index in [9.17, 15) is 4.39 Å². The second kappa shape index (κ2) is 7.26. The maximum absolute atomic E-state index is 13.1. The molecule has 1 aromatic carbocycles. The first-order valence-corrected chi connectivity index (χ1v) is 8.24. The fourth-order valence-electron chi connectivity index (χ4n) is 3.95. The molecule has 0 amide bonds. The number of hydrogen-bond acceptors (Lipinski definition) is 2. The lowest BCUT2D eigenvalue weighted by Crippen LogP contribution is -2.46. The van der Waals surface area contributed by atoms with E-state index < -0.39 is 0 Å². The van der Waals surface area contributed by atoms with Gasteiger partial charge in [-0.25, -0.2) is 4.39 Å². The summed E-state index contributed by atoms with van der Waals surface area (Å²) in [6.45, 7) is 7.64. The molecule has 21 heavy (non-hydrogen) atoms. The largest absolute Gasteiger partial charge is 0.371 e. The average molecular weight is 292 g/mol. The maximum Gasteiger partial charge on any atom is 0.123 e. The minimum Gasteiger partial charge on any atom is -0.371 e. The van der Waals surface area contributed by atoms with Gasteiger partial charge in [-0.05, 0) is 57.0 Å². The van der Waals surface area contributed by atoms with Gasteiger partial charge in [-0.2, -0.15) is 0 Å². The Labute approximate surface area is 128 Å². The van der Waals surface area contributed by atoms with Gasteiger partial charge in [0.05, 0.1) is 0 Å². The van der Waals surface area contributed by atoms with Gasteiger partial charge in [0.15, 0.2) is 0 Å². The molecule has 3 heteroatoms. The van der Waals surface area contributed by atoms with Crippen LogP contribution in [0.5, 0.6) is 0 Å². The van der Waals surface area contributed by atoms with Gasteiger partial charge in [0.2, 0.25) is 0 Å². The van der Waals surface area contributed by atoms with E-state index in [4.69, 9.17) is 0 Å². The molecular weight excluding hydrogens is 263 g/mol. The van der Waals surface area contributed by atoms with Crippen LogP contribution in [0.25, 0.3) is 0 Å². The summed E-state index contributed by atoms with van der Waals surface area (Å²) in [6, 6.07) is 6.93. The van der Waals surface area contributed by atoms with Crippen molar-refractivity contribution in [1.29, 1.82) is 0 Å². The summed E-state index contributed by atoms with van der Waals surface area (Å²) in [6.07, 6.45) is 5.25. The van der Waals surface area contributed by atoms with Crippen LogP contribution in [0.1, 0.15) is 39.5 Å². The molecule has 1 aliphatic rings. The Bertz CT molecular complexity index is 427. The SMILES string of the molecule is CCN(CC1(CNC)CCCC(C)C1)c1ccc(F)cc1. The molecule has 1 saturated carbocycles. The molecule has 1 aromatic rings. The quantitative estimate of drug-likeness (QED) is 0.850. The van der Waals surface area contributed by atoms with E-state index in [2.05, 4.69) is 31.1 Å². The van der Waals surface area contributed by atoms with Crippen LogP contribution in [-0.2, 0) is 0 Å². The molecule has 1 fully saturated rings. The van der Waals surface area contributed by atoms with Gasteiger partial charge in [0.25, 0.3) is 0 Å². The monoisotopic (exact) mass is 292 g/mol. The van der Waals surface area contributed by atoms with Crippen molar-refractivity contribution >= 4 is 5.69 Å². The van der Waals surface area contributed by atoms with E-state index in [1.807, 2.05) is 12.1 Å². The Morgan fingerprint density at radius 3 is 2.62 bits per heavy atom. The van der Waals surface area contributed by atoms with Crippen molar-refractivity contribution in [3.8, 4) is 0 Å². The van der Waals surface area contributed by atoms with Crippen molar-refractivity contribution in [2.75, 3.05) is 31.6 Å². The molecule has 0 aliphatic heterocycles. The Kier molecular flexibility index (Phi) is 5.63. The van der Waals surface area contributed by atoms with Gasteiger partial charge >= 0.3 is 0 Å². The van der Waals surface area contributed by atoms with Crippen LogP contribution in [-0.4, -0.2) is 26.7 Å². The van der Waals surface area contributed by atoms with Crippen molar-refractivity contribution < 1.29 is 4.39 Å². The summed E-state index contributed by atoms with van der Waals surface area (Å²) in [5.41, 5.74) is 1.48. The van der Waals surface area contributed by atoms with Crippen LogP contribution < -0.4 is 10.2 Å². The summed E-state index contributed by atoms with van der Waals surface area (Å²) in [7, 11) is 2.05. The molecule has 2 rings (SSSR count). The molecule has 0 saturated heterocycles. The summed E-state index contributed by atoms with van der Waals surface area (Å²) in [4.78, 5) is 2.40. The molecule has 0 spiro atoms. The normalized spacial score (nSPS) is 25.8. The molecule has 0 heterocycles. The minimum absolute atomic E-state index is 0.161. The van der Waals surface area contributed by atoms with Crippen LogP contribution in [0.3, 0.4) is 0 Å². The Morgan fingerprint density at radius 1 is 1.33 bits per heavy atom. The first-order chi connectivity index (χ1) is 10.1. The minimum atomic E-state index is -0.161. The summed E-state index contributed by atoms with van der Waals surface area (Å²) >= 11 is 0. The van der Waals surface area contributed by atoms with Crippen molar-refractivity contribution in [1.82, 2.24) is 5.32 Å². The van der Waals surface area contributed by atoms with Crippen LogP contribution >= 0.6 is 0 Å². The summed E-state index contributed by atoms with van der Waals surface area (Å²) < 4.78 is 13.1. The summed E-state index contributed by atoms with van der Waals surface area (Å²) in [5.74, 6) is 0.644. The number of rotatable bonds is 6. The second-order valence-corrected chi connectivity index (χ2v) is 6.72. The third-order valence-electron chi connectivity index (χ3n) is 4.84. The lowest BCUT2D eigenvalue weighted by atomic mass is 9.69. The zero-order valence-electron chi connectivity index (χ0n) is 13.7. The fourth-order valence-corrected chi connectivity index (χ4v) is 3.95. The fraction of sp³-hybridized carbons (Fsp3) is 0.667. The third kappa shape index (κ3) is 4.19.